The van der Waals surface area contributed by atoms with Gasteiger partial charge in [0, 0.05) is 24.6 Å². The number of hydrogen-bond acceptors (Lipinski definition) is 6. The molecule has 0 radical (unpaired) electrons. The van der Waals surface area contributed by atoms with Crippen LogP contribution in [-0.2, 0) is 4.79 Å². The molecule has 1 atom stereocenters. The summed E-state index contributed by atoms with van der Waals surface area (Å²) in [6.07, 6.45) is 4.35. The lowest BCUT2D eigenvalue weighted by molar-refractivity contribution is -0.127. The smallest absolute Gasteiger partial charge is 0.245 e. The lowest BCUT2D eigenvalue weighted by atomic mass is 9.96. The van der Waals surface area contributed by atoms with Gasteiger partial charge >= 0.3 is 0 Å². The molecule has 3 N–H and O–H groups in total. The van der Waals surface area contributed by atoms with Crippen molar-refractivity contribution >= 4 is 22.8 Å². The minimum absolute atomic E-state index is 0.0469. The maximum absolute atomic E-state index is 12.0. The highest BCUT2D eigenvalue weighted by molar-refractivity contribution is 6.03. The Morgan fingerprint density at radius 1 is 1.15 bits per heavy atom. The molecule has 1 fully saturated rings. The van der Waals surface area contributed by atoms with E-state index in [-0.39, 0.29) is 24.5 Å². The van der Waals surface area contributed by atoms with Crippen LogP contribution in [-0.4, -0.2) is 50.1 Å². The molecule has 1 aliphatic rings. The minimum Gasteiger partial charge on any atom is -0.457 e. The molecule has 0 aliphatic carbocycles. The fourth-order valence-corrected chi connectivity index (χ4v) is 4.93. The zero-order valence-electron chi connectivity index (χ0n) is 21.9. The van der Waals surface area contributed by atoms with Crippen LogP contribution in [0.3, 0.4) is 0 Å². The van der Waals surface area contributed by atoms with E-state index in [2.05, 4.69) is 28.4 Å². The lowest BCUT2D eigenvalue weighted by Gasteiger charge is -2.28. The van der Waals surface area contributed by atoms with Gasteiger partial charge in [0.1, 0.15) is 35.0 Å². The van der Waals surface area contributed by atoms with Gasteiger partial charge < -0.3 is 25.0 Å². The summed E-state index contributed by atoms with van der Waals surface area (Å²) >= 11 is 0. The van der Waals surface area contributed by atoms with Crippen LogP contribution >= 0.6 is 0 Å². The summed E-state index contributed by atoms with van der Waals surface area (Å²) < 4.78 is 7.93. The lowest BCUT2D eigenvalue weighted by Crippen LogP contribution is -2.37. The molecule has 8 heteroatoms. The summed E-state index contributed by atoms with van der Waals surface area (Å²) in [7, 11) is 0. The Morgan fingerprint density at radius 3 is 2.51 bits per heavy atom. The molecule has 1 unspecified atom stereocenters. The average molecular weight is 522 g/mol. The predicted octanol–water partition coefficient (Wildman–Crippen LogP) is 4.80. The molecule has 5 rings (SSSR count). The summed E-state index contributed by atoms with van der Waals surface area (Å²) in [6, 6.07) is 17.1. The summed E-state index contributed by atoms with van der Waals surface area (Å²) in [6.45, 7) is 6.71. The van der Waals surface area contributed by atoms with Crippen LogP contribution in [0.2, 0.25) is 0 Å². The molecular formula is C31H31N5O3. The van der Waals surface area contributed by atoms with Gasteiger partial charge in [-0.25, -0.2) is 9.97 Å². The summed E-state index contributed by atoms with van der Waals surface area (Å²) in [4.78, 5) is 22.6. The van der Waals surface area contributed by atoms with Crippen molar-refractivity contribution in [3.8, 4) is 34.5 Å². The molecule has 1 aliphatic heterocycles. The molecule has 8 nitrogen and oxygen atoms in total. The molecular weight excluding hydrogens is 490 g/mol. The van der Waals surface area contributed by atoms with Crippen molar-refractivity contribution in [3.63, 3.8) is 0 Å². The number of fused-ring (bicyclic) bond motifs is 1. The van der Waals surface area contributed by atoms with Crippen molar-refractivity contribution in [2.75, 3.05) is 25.4 Å². The number of hydrogen-bond donors (Lipinski definition) is 2. The number of benzene rings is 2. The predicted molar refractivity (Wildman–Crippen MR) is 152 cm³/mol. The molecule has 0 saturated carbocycles. The number of rotatable bonds is 6. The summed E-state index contributed by atoms with van der Waals surface area (Å²) in [5.74, 6) is 8.75. The number of ether oxygens (including phenoxy) is 1. The van der Waals surface area contributed by atoms with Crippen LogP contribution in [0.15, 0.2) is 73.6 Å². The van der Waals surface area contributed by atoms with Crippen LogP contribution in [0.25, 0.3) is 22.2 Å². The molecule has 0 spiro atoms. The largest absolute Gasteiger partial charge is 0.457 e. The van der Waals surface area contributed by atoms with E-state index in [1.165, 1.54) is 12.4 Å². The minimum atomic E-state index is -0.285. The highest BCUT2D eigenvalue weighted by atomic mass is 16.5. The average Bonchev–Trinajstić information content (AvgIpc) is 3.31. The zero-order chi connectivity index (χ0) is 27.4. The number of nitrogens with two attached hydrogens (primary N) is 1. The Labute approximate surface area is 227 Å². The van der Waals surface area contributed by atoms with Gasteiger partial charge in [0.25, 0.3) is 0 Å². The van der Waals surface area contributed by atoms with Crippen molar-refractivity contribution in [1.82, 2.24) is 19.4 Å². The van der Waals surface area contributed by atoms with Crippen molar-refractivity contribution in [3.05, 3.63) is 79.3 Å². The normalized spacial score (nSPS) is 14.5. The zero-order valence-corrected chi connectivity index (χ0v) is 21.9. The topological polar surface area (TPSA) is 107 Å². The van der Waals surface area contributed by atoms with Gasteiger partial charge in [-0.15, -0.1) is 0 Å². The molecule has 1 saturated heterocycles. The van der Waals surface area contributed by atoms with E-state index in [4.69, 9.17) is 10.5 Å². The molecule has 2 aromatic carbocycles. The molecule has 39 heavy (non-hydrogen) atoms. The van der Waals surface area contributed by atoms with Crippen molar-refractivity contribution in [1.29, 1.82) is 0 Å². The first-order valence-corrected chi connectivity index (χ1v) is 13.0. The summed E-state index contributed by atoms with van der Waals surface area (Å²) in [5.41, 5.74) is 9.46. The van der Waals surface area contributed by atoms with Gasteiger partial charge in [0.15, 0.2) is 0 Å². The quantitative estimate of drug-likeness (QED) is 0.279. The number of nitrogens with zero attached hydrogens (tertiary/aromatic N) is 4. The van der Waals surface area contributed by atoms with Crippen LogP contribution < -0.4 is 10.5 Å². The van der Waals surface area contributed by atoms with E-state index in [0.717, 1.165) is 35.4 Å². The van der Waals surface area contributed by atoms with Crippen LogP contribution in [0.4, 0.5) is 5.82 Å². The molecule has 4 aromatic rings. The number of likely N-dealkylation sites (tertiary alicyclic amines) is 1. The Hall–Kier alpha value is -4.61. The second-order valence-electron chi connectivity index (χ2n) is 9.60. The number of carbonyl (C=O) groups is 1. The van der Waals surface area contributed by atoms with E-state index in [9.17, 15) is 9.90 Å². The van der Waals surface area contributed by atoms with E-state index in [1.807, 2.05) is 66.1 Å². The number of aliphatic hydroxyl groups is 1. The highest BCUT2D eigenvalue weighted by Gasteiger charge is 2.25. The summed E-state index contributed by atoms with van der Waals surface area (Å²) in [5, 5.41) is 10.8. The third-order valence-electron chi connectivity index (χ3n) is 7.02. The van der Waals surface area contributed by atoms with E-state index >= 15 is 0 Å². The Balaban J connectivity index is 1.57. The van der Waals surface area contributed by atoms with Gasteiger partial charge in [-0.3, -0.25) is 4.79 Å². The first-order chi connectivity index (χ1) is 19.0. The van der Waals surface area contributed by atoms with E-state index < -0.39 is 0 Å². The van der Waals surface area contributed by atoms with Crippen molar-refractivity contribution in [2.24, 2.45) is 5.92 Å². The molecule has 198 valence electrons. The number of piperidine rings is 1. The third kappa shape index (κ3) is 5.35. The monoisotopic (exact) mass is 521 g/mol. The number of aliphatic hydroxyl groups excluding tert-OH is 1. The highest BCUT2D eigenvalue weighted by Crippen LogP contribution is 2.39. The first-order valence-electron chi connectivity index (χ1n) is 13.0. The van der Waals surface area contributed by atoms with E-state index in [0.29, 0.717) is 35.7 Å². The third-order valence-corrected chi connectivity index (χ3v) is 7.02. The fraction of sp³-hybridized carbons (Fsp3) is 0.258. The van der Waals surface area contributed by atoms with Crippen LogP contribution in [0.5, 0.6) is 11.5 Å². The Kier molecular flexibility index (Phi) is 7.62. The van der Waals surface area contributed by atoms with Crippen LogP contribution in [0.1, 0.15) is 31.5 Å². The molecule has 2 aromatic heterocycles. The van der Waals surface area contributed by atoms with Crippen LogP contribution in [0, 0.1) is 17.8 Å². The van der Waals surface area contributed by atoms with Gasteiger partial charge in [0.05, 0.1) is 18.0 Å². The Bertz CT molecular complexity index is 1540. The van der Waals surface area contributed by atoms with Crippen molar-refractivity contribution < 1.29 is 14.6 Å². The number of anilines is 1. The number of para-hydroxylation sites is 1. The first kappa shape index (κ1) is 26.0. The second-order valence-corrected chi connectivity index (χ2v) is 9.60. The molecule has 3 heterocycles. The second kappa shape index (κ2) is 11.4. The van der Waals surface area contributed by atoms with Gasteiger partial charge in [-0.05, 0) is 61.6 Å². The van der Waals surface area contributed by atoms with Gasteiger partial charge in [0.2, 0.25) is 5.91 Å². The molecule has 1 amide bonds. The van der Waals surface area contributed by atoms with E-state index in [1.54, 1.807) is 4.90 Å². The van der Waals surface area contributed by atoms with Gasteiger partial charge in [-0.2, -0.15) is 0 Å². The number of nitrogen functional groups attached to an aromatic ring is 1. The Morgan fingerprint density at radius 2 is 1.85 bits per heavy atom. The standard InChI is InChI=1S/C31H31N5O3/c1-3-27(38)35-17-15-22(16-18-35)9-14-26-28(29-30(32)33-20-34-31(29)36(26)21(2)19-37)23-10-12-25(13-11-23)39-24-7-5-4-6-8-24/h3-8,10-13,20-22,37H,1,15-19H2,2H3,(H2,32,33,34). The molecule has 0 bridgehead atoms. The fourth-order valence-electron chi connectivity index (χ4n) is 4.93. The SMILES string of the molecule is C=CC(=O)N1CCC(C#Cc2c(-c3ccc(Oc4ccccc4)cc3)c3c(N)ncnc3n2C(C)CO)CC1. The maximum Gasteiger partial charge on any atom is 0.245 e. The number of carbonyl (C=O) groups excluding carboxylic acids is 1. The number of aromatic nitrogens is 3. The van der Waals surface area contributed by atoms with Gasteiger partial charge in [-0.1, -0.05) is 42.8 Å². The maximum atomic E-state index is 12.0. The van der Waals surface area contributed by atoms with Crippen molar-refractivity contribution in [2.45, 2.75) is 25.8 Å². The number of amides is 1.